The SMILES string of the molecule is C[C@@H](N1CCN(C(=O)c2nc(-c3ccc(Br)cc3)no2)CC1)[C@](O)(Cn1cncn1)c1ccc(F)cc1F. The molecule has 1 fully saturated rings. The molecular formula is C25H24BrF2N7O3. The summed E-state index contributed by atoms with van der Waals surface area (Å²) in [6.07, 6.45) is 2.73. The van der Waals surface area contributed by atoms with E-state index < -0.39 is 29.2 Å². The summed E-state index contributed by atoms with van der Waals surface area (Å²) in [5, 5.41) is 19.8. The Hall–Kier alpha value is -3.55. The van der Waals surface area contributed by atoms with E-state index in [9.17, 15) is 18.7 Å². The van der Waals surface area contributed by atoms with E-state index in [2.05, 4.69) is 36.2 Å². The minimum absolute atomic E-state index is 0.0493. The van der Waals surface area contributed by atoms with Gasteiger partial charge in [-0.15, -0.1) is 0 Å². The molecule has 4 aromatic rings. The summed E-state index contributed by atoms with van der Waals surface area (Å²) in [4.78, 5) is 24.7. The first kappa shape index (κ1) is 26.1. The normalized spacial score (nSPS) is 16.8. The van der Waals surface area contributed by atoms with Crippen molar-refractivity contribution in [1.29, 1.82) is 0 Å². The molecular weight excluding hydrogens is 564 g/mol. The third-order valence-corrected chi connectivity index (χ3v) is 7.35. The van der Waals surface area contributed by atoms with Gasteiger partial charge in [0, 0.05) is 53.9 Å². The maximum Gasteiger partial charge on any atom is 0.316 e. The van der Waals surface area contributed by atoms with Crippen molar-refractivity contribution in [3.8, 4) is 11.4 Å². The van der Waals surface area contributed by atoms with E-state index in [1.165, 1.54) is 23.4 Å². The third-order valence-electron chi connectivity index (χ3n) is 6.82. The Morgan fingerprint density at radius 1 is 1.16 bits per heavy atom. The summed E-state index contributed by atoms with van der Waals surface area (Å²) in [5.41, 5.74) is -1.09. The lowest BCUT2D eigenvalue weighted by Gasteiger charge is -2.44. The highest BCUT2D eigenvalue weighted by molar-refractivity contribution is 9.10. The van der Waals surface area contributed by atoms with E-state index in [0.29, 0.717) is 37.6 Å². The molecule has 1 N–H and O–H groups in total. The fourth-order valence-electron chi connectivity index (χ4n) is 4.62. The topological polar surface area (TPSA) is 113 Å². The van der Waals surface area contributed by atoms with Crippen LogP contribution in [0.1, 0.15) is 23.2 Å². The van der Waals surface area contributed by atoms with Gasteiger partial charge in [0.15, 0.2) is 0 Å². The highest BCUT2D eigenvalue weighted by Gasteiger charge is 2.43. The Morgan fingerprint density at radius 2 is 1.89 bits per heavy atom. The molecule has 0 radical (unpaired) electrons. The van der Waals surface area contributed by atoms with Gasteiger partial charge in [0.1, 0.15) is 29.9 Å². The van der Waals surface area contributed by atoms with Crippen molar-refractivity contribution in [2.24, 2.45) is 0 Å². The van der Waals surface area contributed by atoms with E-state index >= 15 is 0 Å². The first-order chi connectivity index (χ1) is 18.2. The zero-order chi connectivity index (χ0) is 26.9. The average molecular weight is 588 g/mol. The summed E-state index contributed by atoms with van der Waals surface area (Å²) < 4.78 is 36.0. The van der Waals surface area contributed by atoms with Crippen LogP contribution in [0.25, 0.3) is 11.4 Å². The van der Waals surface area contributed by atoms with Gasteiger partial charge in [-0.25, -0.2) is 18.4 Å². The monoisotopic (exact) mass is 587 g/mol. The number of rotatable bonds is 7. The van der Waals surface area contributed by atoms with Crippen LogP contribution in [0.15, 0.2) is 64.1 Å². The predicted octanol–water partition coefficient (Wildman–Crippen LogP) is 3.10. The number of aliphatic hydroxyl groups is 1. The fourth-order valence-corrected chi connectivity index (χ4v) is 4.88. The quantitative estimate of drug-likeness (QED) is 0.351. The number of nitrogens with zero attached hydrogens (tertiary/aromatic N) is 7. The summed E-state index contributed by atoms with van der Waals surface area (Å²) >= 11 is 3.37. The molecule has 0 saturated carbocycles. The number of aromatic nitrogens is 5. The van der Waals surface area contributed by atoms with Crippen LogP contribution in [-0.4, -0.2) is 77.9 Å². The first-order valence-corrected chi connectivity index (χ1v) is 12.7. The molecule has 0 unspecified atom stereocenters. The zero-order valence-corrected chi connectivity index (χ0v) is 21.9. The van der Waals surface area contributed by atoms with Crippen LogP contribution in [0.2, 0.25) is 0 Å². The van der Waals surface area contributed by atoms with Gasteiger partial charge in [0.25, 0.3) is 0 Å². The molecule has 1 saturated heterocycles. The number of benzene rings is 2. The van der Waals surface area contributed by atoms with Crippen LogP contribution in [0.3, 0.4) is 0 Å². The first-order valence-electron chi connectivity index (χ1n) is 11.9. The molecule has 0 bridgehead atoms. The van der Waals surface area contributed by atoms with Gasteiger partial charge >= 0.3 is 11.8 Å². The lowest BCUT2D eigenvalue weighted by atomic mass is 9.85. The highest BCUT2D eigenvalue weighted by Crippen LogP contribution is 2.33. The lowest BCUT2D eigenvalue weighted by molar-refractivity contribution is -0.0720. The van der Waals surface area contributed by atoms with Crippen LogP contribution < -0.4 is 0 Å². The minimum atomic E-state index is -1.76. The second-order valence-electron chi connectivity index (χ2n) is 9.08. The van der Waals surface area contributed by atoms with Crippen molar-refractivity contribution in [2.75, 3.05) is 26.2 Å². The smallest absolute Gasteiger partial charge is 0.316 e. The van der Waals surface area contributed by atoms with Crippen molar-refractivity contribution >= 4 is 21.8 Å². The Kier molecular flexibility index (Phi) is 7.32. The molecule has 0 spiro atoms. The molecule has 2 aromatic heterocycles. The molecule has 13 heteroatoms. The van der Waals surface area contributed by atoms with Crippen LogP contribution >= 0.6 is 15.9 Å². The number of amides is 1. The van der Waals surface area contributed by atoms with Gasteiger partial charge < -0.3 is 14.5 Å². The maximum atomic E-state index is 14.9. The predicted molar refractivity (Wildman–Crippen MR) is 135 cm³/mol. The Balaban J connectivity index is 1.30. The Labute approximate surface area is 225 Å². The summed E-state index contributed by atoms with van der Waals surface area (Å²) in [6.45, 7) is 3.09. The van der Waals surface area contributed by atoms with Gasteiger partial charge in [-0.1, -0.05) is 27.2 Å². The summed E-state index contributed by atoms with van der Waals surface area (Å²) in [5.74, 6) is -1.78. The fraction of sp³-hybridized carbons (Fsp3) is 0.320. The standard InChI is InChI=1S/C25H24BrF2N7O3/c1-16(25(37,13-35-15-29-14-30-35)20-7-6-19(27)12-21(20)28)33-8-10-34(11-9-33)24(36)23-31-22(32-38-23)17-2-4-18(26)5-3-17/h2-7,12,14-16,37H,8-11,13H2,1H3/t16-,25-/m1/s1. The average Bonchev–Trinajstić information content (AvgIpc) is 3.61. The van der Waals surface area contributed by atoms with Gasteiger partial charge in [-0.2, -0.15) is 10.1 Å². The van der Waals surface area contributed by atoms with E-state index in [1.54, 1.807) is 11.8 Å². The number of halogens is 3. The number of hydrogen-bond acceptors (Lipinski definition) is 8. The van der Waals surface area contributed by atoms with Gasteiger partial charge in [0.05, 0.1) is 6.54 Å². The molecule has 1 amide bonds. The number of carbonyl (C=O) groups excluding carboxylic acids is 1. The van der Waals surface area contributed by atoms with Crippen molar-refractivity contribution in [2.45, 2.75) is 25.1 Å². The van der Waals surface area contributed by atoms with Crippen molar-refractivity contribution < 1.29 is 23.2 Å². The van der Waals surface area contributed by atoms with Gasteiger partial charge in [-0.05, 0) is 37.3 Å². The molecule has 1 aliphatic rings. The molecule has 10 nitrogen and oxygen atoms in total. The van der Waals surface area contributed by atoms with Crippen LogP contribution in [0.4, 0.5) is 8.78 Å². The summed E-state index contributed by atoms with van der Waals surface area (Å²) in [7, 11) is 0. The van der Waals surface area contributed by atoms with Gasteiger partial charge in [0.2, 0.25) is 5.82 Å². The zero-order valence-electron chi connectivity index (χ0n) is 20.3. The molecule has 2 aromatic carbocycles. The Morgan fingerprint density at radius 3 is 2.55 bits per heavy atom. The molecule has 3 heterocycles. The van der Waals surface area contributed by atoms with Crippen molar-refractivity contribution in [1.82, 2.24) is 34.7 Å². The molecule has 2 atom stereocenters. The highest BCUT2D eigenvalue weighted by atomic mass is 79.9. The second kappa shape index (κ2) is 10.7. The number of piperazine rings is 1. The molecule has 1 aliphatic heterocycles. The van der Waals surface area contributed by atoms with Crippen molar-refractivity contribution in [3.63, 3.8) is 0 Å². The Bertz CT molecular complexity index is 1410. The lowest BCUT2D eigenvalue weighted by Crippen LogP contribution is -2.58. The third kappa shape index (κ3) is 5.22. The van der Waals surface area contributed by atoms with Crippen LogP contribution in [0.5, 0.6) is 0 Å². The second-order valence-corrected chi connectivity index (χ2v) is 9.99. The largest absolute Gasteiger partial charge is 0.381 e. The minimum Gasteiger partial charge on any atom is -0.381 e. The van der Waals surface area contributed by atoms with E-state index in [4.69, 9.17) is 4.52 Å². The number of carbonyl (C=O) groups is 1. The molecule has 0 aliphatic carbocycles. The van der Waals surface area contributed by atoms with Crippen LogP contribution in [-0.2, 0) is 12.1 Å². The van der Waals surface area contributed by atoms with E-state index in [1.807, 2.05) is 29.2 Å². The van der Waals surface area contributed by atoms with Crippen molar-refractivity contribution in [3.05, 3.63) is 82.7 Å². The van der Waals surface area contributed by atoms with Gasteiger partial charge in [-0.3, -0.25) is 9.69 Å². The van der Waals surface area contributed by atoms with Crippen LogP contribution in [0, 0.1) is 11.6 Å². The molecule has 5 rings (SSSR count). The van der Waals surface area contributed by atoms with E-state index in [-0.39, 0.29) is 18.0 Å². The number of hydrogen-bond donors (Lipinski definition) is 1. The molecule has 38 heavy (non-hydrogen) atoms. The maximum absolute atomic E-state index is 14.9. The summed E-state index contributed by atoms with van der Waals surface area (Å²) in [6, 6.07) is 9.80. The molecule has 198 valence electrons. The van der Waals surface area contributed by atoms with E-state index in [0.717, 1.165) is 16.6 Å².